The highest BCUT2D eigenvalue weighted by Crippen LogP contribution is 2.45. The van der Waals surface area contributed by atoms with Crippen LogP contribution in [-0.2, 0) is 24.1 Å². The number of halogens is 4. The normalized spacial score (nSPS) is 28.9. The fraction of sp³-hybridized carbons (Fsp3) is 0.800. The van der Waals surface area contributed by atoms with Gasteiger partial charge in [-0.1, -0.05) is 12.8 Å². The highest BCUT2D eigenvalue weighted by Gasteiger charge is 2.52. The minimum absolute atomic E-state index is 0. The van der Waals surface area contributed by atoms with Crippen LogP contribution in [0, 0.1) is 11.3 Å². The molecule has 1 saturated carbocycles. The molecule has 1 aromatic rings. The lowest BCUT2D eigenvalue weighted by atomic mass is 9.67. The Kier molecular flexibility index (Phi) is 4.74. The molecule has 1 aromatic heterocycles. The molecule has 2 aliphatic heterocycles. The molecule has 1 amide bonds. The quantitative estimate of drug-likeness (QED) is 0.808. The third-order valence-electron chi connectivity index (χ3n) is 5.76. The Morgan fingerprint density at radius 3 is 2.80 bits per heavy atom. The lowest BCUT2D eigenvalue weighted by Crippen LogP contribution is -2.51. The molecule has 2 fully saturated rings. The molecule has 1 aliphatic carbocycles. The molecule has 25 heavy (non-hydrogen) atoms. The molecule has 0 spiro atoms. The van der Waals surface area contributed by atoms with Gasteiger partial charge in [0.15, 0.2) is 5.82 Å². The lowest BCUT2D eigenvalue weighted by molar-refractivity contribution is -0.150. The van der Waals surface area contributed by atoms with Crippen molar-refractivity contribution in [2.24, 2.45) is 11.3 Å². The van der Waals surface area contributed by atoms with Crippen LogP contribution in [0.5, 0.6) is 0 Å². The van der Waals surface area contributed by atoms with Crippen molar-refractivity contribution in [3.63, 3.8) is 0 Å². The molecular formula is C15H21ClF3N5O. The molecular weight excluding hydrogens is 359 g/mol. The van der Waals surface area contributed by atoms with Crippen molar-refractivity contribution in [3.8, 4) is 0 Å². The molecule has 0 bridgehead atoms. The van der Waals surface area contributed by atoms with Crippen molar-refractivity contribution in [3.05, 3.63) is 11.6 Å². The van der Waals surface area contributed by atoms with Gasteiger partial charge in [-0.25, -0.2) is 0 Å². The standard InChI is InChI=1S/C15H20F3N5O.ClH/c16-15(17,18)12-21-20-11-8-22(5-6-23(11)12)13(24)14-4-2-1-3-10(14)7-19-9-14;/h10,19H,1-9H2;1H/t10-,14+;/m0./s1. The van der Waals surface area contributed by atoms with Crippen LogP contribution in [0.4, 0.5) is 13.2 Å². The zero-order chi connectivity index (χ0) is 16.9. The number of hydrogen-bond acceptors (Lipinski definition) is 4. The number of hydrogen-bond donors (Lipinski definition) is 1. The highest BCUT2D eigenvalue weighted by atomic mass is 35.5. The fourth-order valence-corrected chi connectivity index (χ4v) is 4.52. The first-order chi connectivity index (χ1) is 11.4. The molecule has 0 unspecified atom stereocenters. The summed E-state index contributed by atoms with van der Waals surface area (Å²) in [7, 11) is 0. The maximum Gasteiger partial charge on any atom is 0.451 e. The minimum Gasteiger partial charge on any atom is -0.333 e. The smallest absolute Gasteiger partial charge is 0.333 e. The number of nitrogens with one attached hydrogen (secondary N) is 1. The fourth-order valence-electron chi connectivity index (χ4n) is 4.52. The van der Waals surface area contributed by atoms with Crippen molar-refractivity contribution >= 4 is 18.3 Å². The third kappa shape index (κ3) is 2.91. The topological polar surface area (TPSA) is 63.1 Å². The van der Waals surface area contributed by atoms with E-state index < -0.39 is 12.0 Å². The molecule has 3 aliphatic rings. The molecule has 4 rings (SSSR count). The average molecular weight is 380 g/mol. The van der Waals surface area contributed by atoms with Crippen LogP contribution >= 0.6 is 12.4 Å². The SMILES string of the molecule is Cl.O=C(N1CCn2c(nnc2C(F)(F)F)C1)[C@@]12CCCC[C@H]1CNC2. The lowest BCUT2D eigenvalue weighted by Gasteiger charge is -2.41. The van der Waals surface area contributed by atoms with Crippen molar-refractivity contribution in [1.29, 1.82) is 0 Å². The summed E-state index contributed by atoms with van der Waals surface area (Å²) in [5.41, 5.74) is -0.382. The summed E-state index contributed by atoms with van der Waals surface area (Å²) in [6.07, 6.45) is -0.432. The van der Waals surface area contributed by atoms with Crippen LogP contribution in [0.1, 0.15) is 37.3 Å². The van der Waals surface area contributed by atoms with Crippen LogP contribution in [-0.4, -0.2) is 45.2 Å². The molecule has 2 atom stereocenters. The number of alkyl halides is 3. The number of amides is 1. The van der Waals surface area contributed by atoms with Crippen molar-refractivity contribution in [1.82, 2.24) is 25.0 Å². The Labute approximate surface area is 149 Å². The molecule has 140 valence electrons. The van der Waals surface area contributed by atoms with Crippen LogP contribution in [0.3, 0.4) is 0 Å². The van der Waals surface area contributed by atoms with E-state index in [0.717, 1.165) is 36.8 Å². The van der Waals surface area contributed by atoms with E-state index in [-0.39, 0.29) is 49.2 Å². The summed E-state index contributed by atoms with van der Waals surface area (Å²) < 4.78 is 39.8. The minimum atomic E-state index is -4.51. The Hall–Kier alpha value is -1.35. The van der Waals surface area contributed by atoms with E-state index in [0.29, 0.717) is 12.5 Å². The monoisotopic (exact) mass is 379 g/mol. The van der Waals surface area contributed by atoms with Gasteiger partial charge in [-0.05, 0) is 25.3 Å². The van der Waals surface area contributed by atoms with Crippen LogP contribution in [0.25, 0.3) is 0 Å². The van der Waals surface area contributed by atoms with E-state index >= 15 is 0 Å². The van der Waals surface area contributed by atoms with Crippen molar-refractivity contribution in [2.75, 3.05) is 19.6 Å². The van der Waals surface area contributed by atoms with Gasteiger partial charge >= 0.3 is 6.18 Å². The van der Waals surface area contributed by atoms with E-state index in [1.165, 1.54) is 0 Å². The second kappa shape index (κ2) is 6.42. The Bertz CT molecular complexity index is 664. The van der Waals surface area contributed by atoms with Gasteiger partial charge in [-0.2, -0.15) is 13.2 Å². The Morgan fingerprint density at radius 2 is 2.04 bits per heavy atom. The van der Waals surface area contributed by atoms with E-state index in [1.54, 1.807) is 4.90 Å². The summed E-state index contributed by atoms with van der Waals surface area (Å²) >= 11 is 0. The summed E-state index contributed by atoms with van der Waals surface area (Å²) in [4.78, 5) is 14.9. The van der Waals surface area contributed by atoms with E-state index in [9.17, 15) is 18.0 Å². The van der Waals surface area contributed by atoms with Gasteiger partial charge in [0.25, 0.3) is 0 Å². The van der Waals surface area contributed by atoms with Crippen molar-refractivity contribution < 1.29 is 18.0 Å². The van der Waals surface area contributed by atoms with Gasteiger partial charge in [0.1, 0.15) is 0 Å². The maximum atomic E-state index is 13.2. The van der Waals surface area contributed by atoms with Gasteiger partial charge < -0.3 is 14.8 Å². The number of carbonyl (C=O) groups excluding carboxylic acids is 1. The van der Waals surface area contributed by atoms with Gasteiger partial charge in [0, 0.05) is 19.6 Å². The third-order valence-corrected chi connectivity index (χ3v) is 5.76. The number of fused-ring (bicyclic) bond motifs is 2. The van der Waals surface area contributed by atoms with Gasteiger partial charge in [0.2, 0.25) is 11.7 Å². The molecule has 0 aromatic carbocycles. The summed E-state index contributed by atoms with van der Waals surface area (Å²) in [5.74, 6) is -0.346. The maximum absolute atomic E-state index is 13.2. The zero-order valence-corrected chi connectivity index (χ0v) is 14.5. The molecule has 10 heteroatoms. The number of rotatable bonds is 1. The Morgan fingerprint density at radius 1 is 1.24 bits per heavy atom. The van der Waals surface area contributed by atoms with Gasteiger partial charge in [-0.15, -0.1) is 22.6 Å². The first kappa shape index (κ1) is 18.4. The first-order valence-corrected chi connectivity index (χ1v) is 8.41. The Balaban J connectivity index is 0.00000182. The average Bonchev–Trinajstić information content (AvgIpc) is 3.17. The van der Waals surface area contributed by atoms with E-state index in [1.807, 2.05) is 0 Å². The van der Waals surface area contributed by atoms with Crippen LogP contribution < -0.4 is 5.32 Å². The number of nitrogens with zero attached hydrogens (tertiary/aromatic N) is 4. The molecule has 3 heterocycles. The van der Waals surface area contributed by atoms with Gasteiger partial charge in [0.05, 0.1) is 12.0 Å². The summed E-state index contributed by atoms with van der Waals surface area (Å²) in [6.45, 7) is 2.01. The number of carbonyl (C=O) groups is 1. The second-order valence-corrected chi connectivity index (χ2v) is 7.05. The van der Waals surface area contributed by atoms with Crippen LogP contribution in [0.15, 0.2) is 0 Å². The predicted octanol–water partition coefficient (Wildman–Crippen LogP) is 1.84. The second-order valence-electron chi connectivity index (χ2n) is 7.05. The molecule has 1 saturated heterocycles. The number of aromatic nitrogens is 3. The van der Waals surface area contributed by atoms with Gasteiger partial charge in [-0.3, -0.25) is 4.79 Å². The van der Waals surface area contributed by atoms with Crippen LogP contribution in [0.2, 0.25) is 0 Å². The largest absolute Gasteiger partial charge is 0.451 e. The van der Waals surface area contributed by atoms with E-state index in [4.69, 9.17) is 0 Å². The molecule has 0 radical (unpaired) electrons. The summed E-state index contributed by atoms with van der Waals surface area (Å²) in [6, 6.07) is 0. The molecule has 1 N–H and O–H groups in total. The highest BCUT2D eigenvalue weighted by molar-refractivity contribution is 5.85. The van der Waals surface area contributed by atoms with Crippen molar-refractivity contribution in [2.45, 2.75) is 44.9 Å². The van der Waals surface area contributed by atoms with E-state index in [2.05, 4.69) is 15.5 Å². The first-order valence-electron chi connectivity index (χ1n) is 8.41. The summed E-state index contributed by atoms with van der Waals surface area (Å²) in [5, 5.41) is 10.3. The zero-order valence-electron chi connectivity index (χ0n) is 13.7. The predicted molar refractivity (Wildman–Crippen MR) is 84.9 cm³/mol. The molecule has 6 nitrogen and oxygen atoms in total.